The fourth-order valence-corrected chi connectivity index (χ4v) is 2.04. The van der Waals surface area contributed by atoms with E-state index in [2.05, 4.69) is 11.1 Å². The Kier molecular flexibility index (Phi) is 4.14. The Morgan fingerprint density at radius 3 is 2.76 bits per heavy atom. The lowest BCUT2D eigenvalue weighted by Crippen LogP contribution is -2.18. The molecule has 0 aliphatic rings. The number of nitriles is 1. The number of hydrogen-bond acceptors (Lipinski definition) is 5. The van der Waals surface area contributed by atoms with E-state index in [1.165, 1.54) is 6.07 Å². The Morgan fingerprint density at radius 1 is 1.38 bits per heavy atom. The molecule has 0 bridgehead atoms. The summed E-state index contributed by atoms with van der Waals surface area (Å²) in [6.45, 7) is 2.19. The Labute approximate surface area is 122 Å². The number of anilines is 1. The second kappa shape index (κ2) is 6.01. The average molecular weight is 282 g/mol. The van der Waals surface area contributed by atoms with Crippen LogP contribution in [0.25, 0.3) is 0 Å². The van der Waals surface area contributed by atoms with E-state index in [-0.39, 0.29) is 5.69 Å². The quantitative estimate of drug-likeness (QED) is 0.636. The summed E-state index contributed by atoms with van der Waals surface area (Å²) in [5.74, 6) is 0.653. The van der Waals surface area contributed by atoms with Gasteiger partial charge in [-0.3, -0.25) is 10.1 Å². The molecule has 0 atom stereocenters. The molecule has 6 heteroatoms. The van der Waals surface area contributed by atoms with Crippen molar-refractivity contribution in [2.75, 3.05) is 11.9 Å². The summed E-state index contributed by atoms with van der Waals surface area (Å²) in [4.78, 5) is 16.5. The van der Waals surface area contributed by atoms with Crippen LogP contribution in [0, 0.1) is 28.4 Å². The zero-order valence-electron chi connectivity index (χ0n) is 11.8. The Morgan fingerprint density at radius 2 is 2.14 bits per heavy atom. The van der Waals surface area contributed by atoms with E-state index in [1.54, 1.807) is 19.1 Å². The molecular formula is C15H14N4O2. The largest absolute Gasteiger partial charge is 0.355 e. The maximum atomic E-state index is 10.8. The van der Waals surface area contributed by atoms with Crippen molar-refractivity contribution in [3.05, 3.63) is 63.3 Å². The van der Waals surface area contributed by atoms with Gasteiger partial charge in [0.15, 0.2) is 0 Å². The zero-order chi connectivity index (χ0) is 15.4. The highest BCUT2D eigenvalue weighted by atomic mass is 16.6. The first kappa shape index (κ1) is 14.5. The first-order valence-corrected chi connectivity index (χ1v) is 6.33. The van der Waals surface area contributed by atoms with Gasteiger partial charge in [-0.15, -0.1) is 0 Å². The molecule has 21 heavy (non-hydrogen) atoms. The lowest BCUT2D eigenvalue weighted by atomic mass is 10.1. The first-order chi connectivity index (χ1) is 10.0. The van der Waals surface area contributed by atoms with Crippen LogP contribution in [0.5, 0.6) is 0 Å². The van der Waals surface area contributed by atoms with Crippen molar-refractivity contribution >= 4 is 11.5 Å². The molecule has 0 N–H and O–H groups in total. The number of aromatic nitrogens is 1. The normalized spacial score (nSPS) is 9.95. The number of hydrogen-bond donors (Lipinski definition) is 0. The molecule has 0 spiro atoms. The van der Waals surface area contributed by atoms with Gasteiger partial charge in [-0.25, -0.2) is 4.98 Å². The maximum absolute atomic E-state index is 10.8. The minimum absolute atomic E-state index is 0.0126. The molecule has 0 fully saturated rings. The molecule has 0 saturated carbocycles. The van der Waals surface area contributed by atoms with E-state index in [0.29, 0.717) is 23.6 Å². The average Bonchev–Trinajstić information content (AvgIpc) is 2.46. The Bertz CT molecular complexity index is 722. The monoisotopic (exact) mass is 282 g/mol. The van der Waals surface area contributed by atoms with Gasteiger partial charge in [0.25, 0.3) is 5.69 Å². The molecule has 1 aromatic carbocycles. The van der Waals surface area contributed by atoms with Gasteiger partial charge in [0.05, 0.1) is 16.6 Å². The molecule has 0 saturated heterocycles. The topological polar surface area (TPSA) is 83.1 Å². The molecule has 1 heterocycles. The number of benzene rings is 1. The summed E-state index contributed by atoms with van der Waals surface area (Å²) in [5, 5.41) is 19.7. The van der Waals surface area contributed by atoms with Crippen LogP contribution < -0.4 is 4.90 Å². The summed E-state index contributed by atoms with van der Waals surface area (Å²) in [5.41, 5.74) is 1.98. The van der Waals surface area contributed by atoms with Crippen molar-refractivity contribution in [1.82, 2.24) is 4.98 Å². The van der Waals surface area contributed by atoms with Gasteiger partial charge in [0, 0.05) is 19.7 Å². The first-order valence-electron chi connectivity index (χ1n) is 6.33. The molecule has 0 radical (unpaired) electrons. The number of rotatable bonds is 4. The van der Waals surface area contributed by atoms with Crippen LogP contribution >= 0.6 is 0 Å². The van der Waals surface area contributed by atoms with Gasteiger partial charge in [0.2, 0.25) is 0 Å². The minimum Gasteiger partial charge on any atom is -0.355 e. The summed E-state index contributed by atoms with van der Waals surface area (Å²) in [7, 11) is 1.85. The van der Waals surface area contributed by atoms with Crippen LogP contribution in [-0.4, -0.2) is 17.0 Å². The smallest absolute Gasteiger partial charge is 0.290 e. The molecular weight excluding hydrogens is 268 g/mol. The van der Waals surface area contributed by atoms with E-state index in [9.17, 15) is 10.1 Å². The zero-order valence-corrected chi connectivity index (χ0v) is 11.8. The number of nitrogens with zero attached hydrogens (tertiary/aromatic N) is 4. The maximum Gasteiger partial charge on any atom is 0.290 e. The second-order valence-corrected chi connectivity index (χ2v) is 4.70. The lowest BCUT2D eigenvalue weighted by molar-refractivity contribution is -0.385. The van der Waals surface area contributed by atoms with Crippen LogP contribution in [0.15, 0.2) is 36.4 Å². The van der Waals surface area contributed by atoms with E-state index in [1.807, 2.05) is 30.1 Å². The molecule has 0 amide bonds. The molecule has 0 aliphatic carbocycles. The van der Waals surface area contributed by atoms with Gasteiger partial charge >= 0.3 is 0 Å². The summed E-state index contributed by atoms with van der Waals surface area (Å²) < 4.78 is 0. The minimum atomic E-state index is -0.442. The van der Waals surface area contributed by atoms with Crippen molar-refractivity contribution in [2.45, 2.75) is 13.5 Å². The van der Waals surface area contributed by atoms with Crippen LogP contribution in [0.4, 0.5) is 11.5 Å². The van der Waals surface area contributed by atoms with Crippen molar-refractivity contribution < 1.29 is 4.92 Å². The van der Waals surface area contributed by atoms with E-state index < -0.39 is 4.92 Å². The predicted octanol–water partition coefficient (Wildman–Crippen LogP) is 2.81. The standard InChI is InChI=1S/C15H14N4O2/c1-11-14(19(20)21)6-7-15(17-11)18(2)10-13-5-3-4-12(8-13)9-16/h3-8H,10H2,1-2H3. The predicted molar refractivity (Wildman–Crippen MR) is 78.9 cm³/mol. The van der Waals surface area contributed by atoms with Crippen LogP contribution in [0.2, 0.25) is 0 Å². The number of aryl methyl sites for hydroxylation is 1. The van der Waals surface area contributed by atoms with Gasteiger partial charge in [0.1, 0.15) is 11.5 Å². The van der Waals surface area contributed by atoms with Gasteiger partial charge in [-0.1, -0.05) is 12.1 Å². The third-order valence-electron chi connectivity index (χ3n) is 3.11. The highest BCUT2D eigenvalue weighted by molar-refractivity contribution is 5.47. The Hall–Kier alpha value is -2.94. The highest BCUT2D eigenvalue weighted by Crippen LogP contribution is 2.21. The summed E-state index contributed by atoms with van der Waals surface area (Å²) in [6, 6.07) is 12.5. The SMILES string of the molecule is Cc1nc(N(C)Cc2cccc(C#N)c2)ccc1[N+](=O)[O-]. The van der Waals surface area contributed by atoms with E-state index in [0.717, 1.165) is 5.56 Å². The molecule has 2 aromatic rings. The van der Waals surface area contributed by atoms with Crippen molar-refractivity contribution in [3.8, 4) is 6.07 Å². The Balaban J connectivity index is 2.20. The summed E-state index contributed by atoms with van der Waals surface area (Å²) in [6.07, 6.45) is 0. The molecule has 106 valence electrons. The van der Waals surface area contributed by atoms with Crippen LogP contribution in [0.1, 0.15) is 16.8 Å². The van der Waals surface area contributed by atoms with Crippen molar-refractivity contribution in [3.63, 3.8) is 0 Å². The summed E-state index contributed by atoms with van der Waals surface area (Å²) >= 11 is 0. The molecule has 6 nitrogen and oxygen atoms in total. The molecule has 2 rings (SSSR count). The fraction of sp³-hybridized carbons (Fsp3) is 0.200. The van der Waals surface area contributed by atoms with Crippen molar-refractivity contribution in [2.24, 2.45) is 0 Å². The van der Waals surface area contributed by atoms with Gasteiger partial charge in [-0.2, -0.15) is 5.26 Å². The van der Waals surface area contributed by atoms with Crippen LogP contribution in [-0.2, 0) is 6.54 Å². The third kappa shape index (κ3) is 3.34. The molecule has 0 aliphatic heterocycles. The van der Waals surface area contributed by atoms with Crippen molar-refractivity contribution in [1.29, 1.82) is 5.26 Å². The van der Waals surface area contributed by atoms with Gasteiger partial charge in [-0.05, 0) is 30.7 Å². The second-order valence-electron chi connectivity index (χ2n) is 4.70. The van der Waals surface area contributed by atoms with Gasteiger partial charge < -0.3 is 4.90 Å². The van der Waals surface area contributed by atoms with Crippen LogP contribution in [0.3, 0.4) is 0 Å². The highest BCUT2D eigenvalue weighted by Gasteiger charge is 2.13. The lowest BCUT2D eigenvalue weighted by Gasteiger charge is -2.18. The number of nitro groups is 1. The molecule has 1 aromatic heterocycles. The van der Waals surface area contributed by atoms with E-state index in [4.69, 9.17) is 5.26 Å². The fourth-order valence-electron chi connectivity index (χ4n) is 2.04. The van der Waals surface area contributed by atoms with E-state index >= 15 is 0 Å². The third-order valence-corrected chi connectivity index (χ3v) is 3.11. The number of pyridine rings is 1. The molecule has 0 unspecified atom stereocenters.